The molecule has 1 atom stereocenters. The van der Waals surface area contributed by atoms with E-state index in [-0.39, 0.29) is 5.38 Å². The van der Waals surface area contributed by atoms with Gasteiger partial charge in [-0.05, 0) is 25.1 Å². The number of alkyl halides is 1. The van der Waals surface area contributed by atoms with Crippen LogP contribution in [0.4, 0.5) is 0 Å². The van der Waals surface area contributed by atoms with Gasteiger partial charge in [0.2, 0.25) is 0 Å². The lowest BCUT2D eigenvalue weighted by Gasteiger charge is -2.10. The van der Waals surface area contributed by atoms with Crippen LogP contribution in [0.15, 0.2) is 36.7 Å². The normalized spacial score (nSPS) is 12.7. The van der Waals surface area contributed by atoms with Crippen LogP contribution >= 0.6 is 11.6 Å². The number of aryl methyl sites for hydroxylation is 2. The first-order chi connectivity index (χ1) is 10.2. The number of imidazole rings is 1. The number of rotatable bonds is 5. The molecule has 0 aliphatic heterocycles. The maximum absolute atomic E-state index is 6.29. The summed E-state index contributed by atoms with van der Waals surface area (Å²) in [5, 5.41) is 4.06. The predicted molar refractivity (Wildman–Crippen MR) is 82.8 cm³/mol. The average Bonchev–Trinajstić information content (AvgIpc) is 3.11. The van der Waals surface area contributed by atoms with Crippen molar-refractivity contribution < 1.29 is 4.74 Å². The van der Waals surface area contributed by atoms with Gasteiger partial charge in [-0.25, -0.2) is 4.98 Å². The van der Waals surface area contributed by atoms with Crippen molar-refractivity contribution in [2.45, 2.75) is 25.4 Å². The summed E-state index contributed by atoms with van der Waals surface area (Å²) in [4.78, 5) is 4.66. The minimum absolute atomic E-state index is 0.167. The molecule has 0 amide bonds. The van der Waals surface area contributed by atoms with E-state index < -0.39 is 0 Å². The summed E-state index contributed by atoms with van der Waals surface area (Å²) in [6.45, 7) is 3.46. The van der Waals surface area contributed by atoms with Crippen LogP contribution in [0.5, 0.6) is 5.75 Å². The highest BCUT2D eigenvalue weighted by molar-refractivity contribution is 6.20. The van der Waals surface area contributed by atoms with E-state index >= 15 is 0 Å². The largest absolute Gasteiger partial charge is 0.494 e. The Kier molecular flexibility index (Phi) is 3.84. The van der Waals surface area contributed by atoms with E-state index in [1.54, 1.807) is 13.3 Å². The molecule has 1 aromatic carbocycles. The Morgan fingerprint density at radius 3 is 2.81 bits per heavy atom. The van der Waals surface area contributed by atoms with Gasteiger partial charge in [0.25, 0.3) is 0 Å². The second-order valence-corrected chi connectivity index (χ2v) is 5.49. The van der Waals surface area contributed by atoms with Crippen molar-refractivity contribution in [3.63, 3.8) is 0 Å². The lowest BCUT2D eigenvalue weighted by molar-refractivity contribution is 0.419. The van der Waals surface area contributed by atoms with E-state index in [4.69, 9.17) is 16.3 Å². The molecule has 2 heterocycles. The van der Waals surface area contributed by atoms with Crippen molar-refractivity contribution in [1.82, 2.24) is 19.3 Å². The van der Waals surface area contributed by atoms with Crippen LogP contribution in [-0.4, -0.2) is 26.4 Å². The van der Waals surface area contributed by atoms with Gasteiger partial charge >= 0.3 is 0 Å². The Balaban J connectivity index is 2.03. The van der Waals surface area contributed by atoms with Crippen LogP contribution in [0.2, 0.25) is 0 Å². The number of para-hydroxylation sites is 1. The molecule has 0 spiro atoms. The number of hydrogen-bond acceptors (Lipinski definition) is 3. The molecule has 0 aliphatic rings. The first kappa shape index (κ1) is 13.9. The van der Waals surface area contributed by atoms with Gasteiger partial charge in [-0.1, -0.05) is 6.07 Å². The molecule has 0 saturated carbocycles. The van der Waals surface area contributed by atoms with E-state index in [9.17, 15) is 0 Å². The molecule has 6 heteroatoms. The van der Waals surface area contributed by atoms with Crippen LogP contribution in [0.1, 0.15) is 18.1 Å². The lowest BCUT2D eigenvalue weighted by atomic mass is 10.3. The van der Waals surface area contributed by atoms with Gasteiger partial charge in [-0.2, -0.15) is 5.10 Å². The second kappa shape index (κ2) is 5.77. The minimum Gasteiger partial charge on any atom is -0.494 e. The Morgan fingerprint density at radius 2 is 2.14 bits per heavy atom. The topological polar surface area (TPSA) is 44.9 Å². The number of aromatic nitrogens is 4. The highest BCUT2D eigenvalue weighted by Crippen LogP contribution is 2.30. The molecule has 110 valence electrons. The molecule has 0 saturated heterocycles. The molecule has 5 nitrogen and oxygen atoms in total. The summed E-state index contributed by atoms with van der Waals surface area (Å²) in [6.07, 6.45) is 3.73. The third-order valence-corrected chi connectivity index (χ3v) is 3.65. The minimum atomic E-state index is -0.167. The monoisotopic (exact) mass is 304 g/mol. The summed E-state index contributed by atoms with van der Waals surface area (Å²) in [6, 6.07) is 7.84. The molecule has 2 aromatic heterocycles. The van der Waals surface area contributed by atoms with Crippen molar-refractivity contribution in [2.24, 2.45) is 0 Å². The van der Waals surface area contributed by atoms with E-state index in [1.807, 2.05) is 42.1 Å². The van der Waals surface area contributed by atoms with Crippen LogP contribution < -0.4 is 4.74 Å². The Hall–Kier alpha value is -2.01. The van der Waals surface area contributed by atoms with Crippen LogP contribution in [0, 0.1) is 0 Å². The van der Waals surface area contributed by atoms with Gasteiger partial charge in [0.05, 0.1) is 24.5 Å². The molecule has 0 bridgehead atoms. The fraction of sp³-hybridized carbons (Fsp3) is 0.333. The smallest absolute Gasteiger partial charge is 0.146 e. The highest BCUT2D eigenvalue weighted by atomic mass is 35.5. The number of benzene rings is 1. The number of ether oxygens (including phenoxy) is 1. The summed E-state index contributed by atoms with van der Waals surface area (Å²) in [5.41, 5.74) is 1.88. The maximum Gasteiger partial charge on any atom is 0.146 e. The lowest BCUT2D eigenvalue weighted by Crippen LogP contribution is -2.11. The van der Waals surface area contributed by atoms with Gasteiger partial charge in [-0.3, -0.25) is 4.68 Å². The van der Waals surface area contributed by atoms with Gasteiger partial charge in [0.1, 0.15) is 17.1 Å². The Bertz CT molecular complexity index is 734. The number of halogens is 1. The average molecular weight is 305 g/mol. The SMILES string of the molecule is COc1cccc2c1nc(C(C)Cl)n2CCn1cccn1. The first-order valence-corrected chi connectivity index (χ1v) is 7.29. The Labute approximate surface area is 128 Å². The maximum atomic E-state index is 6.29. The van der Waals surface area contributed by atoms with Crippen LogP contribution in [0.3, 0.4) is 0 Å². The third kappa shape index (κ3) is 2.61. The number of fused-ring (bicyclic) bond motifs is 1. The molecule has 0 aliphatic carbocycles. The van der Waals surface area contributed by atoms with Crippen molar-refractivity contribution in [2.75, 3.05) is 7.11 Å². The van der Waals surface area contributed by atoms with E-state index in [0.29, 0.717) is 0 Å². The zero-order valence-electron chi connectivity index (χ0n) is 12.0. The zero-order valence-corrected chi connectivity index (χ0v) is 12.8. The highest BCUT2D eigenvalue weighted by Gasteiger charge is 2.17. The molecular formula is C15H17ClN4O. The zero-order chi connectivity index (χ0) is 14.8. The number of methoxy groups -OCH3 is 1. The van der Waals surface area contributed by atoms with Crippen molar-refractivity contribution in [3.8, 4) is 5.75 Å². The van der Waals surface area contributed by atoms with E-state index in [1.165, 1.54) is 0 Å². The van der Waals surface area contributed by atoms with Crippen LogP contribution in [-0.2, 0) is 13.1 Å². The molecular weight excluding hydrogens is 288 g/mol. The van der Waals surface area contributed by atoms with Crippen molar-refractivity contribution in [3.05, 3.63) is 42.5 Å². The van der Waals surface area contributed by atoms with Crippen LogP contribution in [0.25, 0.3) is 11.0 Å². The fourth-order valence-corrected chi connectivity index (χ4v) is 2.64. The Morgan fingerprint density at radius 1 is 1.29 bits per heavy atom. The molecule has 3 aromatic rings. The number of nitrogens with zero attached hydrogens (tertiary/aromatic N) is 4. The van der Waals surface area contributed by atoms with Gasteiger partial charge < -0.3 is 9.30 Å². The second-order valence-electron chi connectivity index (χ2n) is 4.83. The predicted octanol–water partition coefficient (Wildman–Crippen LogP) is 3.24. The number of hydrogen-bond donors (Lipinski definition) is 0. The summed E-state index contributed by atoms with van der Waals surface area (Å²) < 4.78 is 9.42. The van der Waals surface area contributed by atoms with E-state index in [2.05, 4.69) is 14.6 Å². The third-order valence-electron chi connectivity index (χ3n) is 3.46. The first-order valence-electron chi connectivity index (χ1n) is 6.85. The van der Waals surface area contributed by atoms with Gasteiger partial charge in [0, 0.05) is 18.9 Å². The summed E-state index contributed by atoms with van der Waals surface area (Å²) >= 11 is 6.29. The molecule has 0 fully saturated rings. The van der Waals surface area contributed by atoms with E-state index in [0.717, 1.165) is 35.7 Å². The molecule has 3 rings (SSSR count). The summed E-state index contributed by atoms with van der Waals surface area (Å²) in [7, 11) is 1.65. The molecule has 0 N–H and O–H groups in total. The van der Waals surface area contributed by atoms with Crippen molar-refractivity contribution >= 4 is 22.6 Å². The summed E-state index contributed by atoms with van der Waals surface area (Å²) in [5.74, 6) is 1.62. The van der Waals surface area contributed by atoms with Gasteiger partial charge in [0.15, 0.2) is 0 Å². The van der Waals surface area contributed by atoms with Gasteiger partial charge in [-0.15, -0.1) is 11.6 Å². The van der Waals surface area contributed by atoms with Crippen molar-refractivity contribution in [1.29, 1.82) is 0 Å². The fourth-order valence-electron chi connectivity index (χ4n) is 2.48. The quantitative estimate of drug-likeness (QED) is 0.680. The standard InChI is InChI=1S/C15H17ClN4O/c1-11(16)15-18-14-12(5-3-6-13(14)21-2)20(15)10-9-19-8-4-7-17-19/h3-8,11H,9-10H2,1-2H3. The molecule has 0 radical (unpaired) electrons. The molecule has 1 unspecified atom stereocenters. The molecule has 21 heavy (non-hydrogen) atoms.